The second-order valence-corrected chi connectivity index (χ2v) is 9.85. The molecule has 0 saturated heterocycles. The number of hydrogen-bond acceptors (Lipinski definition) is 10. The molecule has 6 atom stereocenters. The first kappa shape index (κ1) is 23.9. The molecule has 2 fully saturated rings. The molecule has 0 spiro atoms. The lowest BCUT2D eigenvalue weighted by Gasteiger charge is -2.52. The van der Waals surface area contributed by atoms with Crippen molar-refractivity contribution in [1.82, 2.24) is 14.9 Å². The number of aromatic hydroxyl groups is 1. The topological polar surface area (TPSA) is 181 Å². The van der Waals surface area contributed by atoms with Gasteiger partial charge in [-0.3, -0.25) is 28.9 Å². The number of likely N-dealkylation sites (N-methyl/N-ethyl adjacent to an activating group) is 1. The number of rotatable bonds is 3. The number of carbonyl (C=O) groups is 5. The van der Waals surface area contributed by atoms with E-state index in [2.05, 4.69) is 9.97 Å². The van der Waals surface area contributed by atoms with Gasteiger partial charge >= 0.3 is 0 Å². The number of phenolic OH excluding ortho intramolecular Hbond substituents is 1. The molecule has 1 aromatic carbocycles. The van der Waals surface area contributed by atoms with Crippen molar-refractivity contribution in [3.63, 3.8) is 0 Å². The van der Waals surface area contributed by atoms with Crippen LogP contribution in [0, 0.1) is 23.7 Å². The number of carbonyl (C=O) groups excluding carboxylic acids is 5. The highest BCUT2D eigenvalue weighted by atomic mass is 16.3. The van der Waals surface area contributed by atoms with E-state index < -0.39 is 64.4 Å². The highest BCUT2D eigenvalue weighted by Crippen LogP contribution is 2.51. The minimum absolute atomic E-state index is 0.0192. The first-order valence-electron chi connectivity index (χ1n) is 11.5. The number of amides is 1. The highest BCUT2D eigenvalue weighted by molar-refractivity contribution is 6.32. The molecule has 2 unspecified atom stereocenters. The minimum atomic E-state index is -2.74. The van der Waals surface area contributed by atoms with E-state index in [9.17, 15) is 34.2 Å². The maximum Gasteiger partial charge on any atom is 0.235 e. The van der Waals surface area contributed by atoms with Gasteiger partial charge in [0.25, 0.3) is 0 Å². The average molecular weight is 492 g/mol. The van der Waals surface area contributed by atoms with Crippen LogP contribution in [0.1, 0.15) is 22.3 Å². The number of nitrogens with two attached hydrogens (primary N) is 1. The molecular weight excluding hydrogens is 468 g/mol. The molecule has 1 aromatic heterocycles. The third kappa shape index (κ3) is 3.09. The van der Waals surface area contributed by atoms with Gasteiger partial charge in [-0.1, -0.05) is 0 Å². The van der Waals surface area contributed by atoms with Crippen molar-refractivity contribution >= 4 is 29.0 Å². The number of Topliss-reactive ketones (excluding diaryl/α,β-unsaturated/α-hetero) is 4. The van der Waals surface area contributed by atoms with Gasteiger partial charge in [0.1, 0.15) is 5.75 Å². The Morgan fingerprint density at radius 2 is 1.78 bits per heavy atom. The Hall–Kier alpha value is -3.83. The second-order valence-electron chi connectivity index (χ2n) is 9.85. The minimum Gasteiger partial charge on any atom is -0.507 e. The molecule has 1 heterocycles. The van der Waals surface area contributed by atoms with E-state index in [4.69, 9.17) is 5.73 Å². The van der Waals surface area contributed by atoms with Gasteiger partial charge in [0.2, 0.25) is 5.91 Å². The van der Waals surface area contributed by atoms with Crippen molar-refractivity contribution in [2.45, 2.75) is 24.5 Å². The van der Waals surface area contributed by atoms with E-state index >= 15 is 0 Å². The van der Waals surface area contributed by atoms with Crippen molar-refractivity contribution in [2.24, 2.45) is 29.4 Å². The summed E-state index contributed by atoms with van der Waals surface area (Å²) in [5, 5.41) is 22.1. The van der Waals surface area contributed by atoms with Crippen LogP contribution >= 0.6 is 0 Å². The fourth-order valence-electron chi connectivity index (χ4n) is 6.25. The predicted octanol–water partition coefficient (Wildman–Crippen LogP) is -0.676. The third-order valence-corrected chi connectivity index (χ3v) is 7.75. The second kappa shape index (κ2) is 8.10. The fourth-order valence-corrected chi connectivity index (χ4v) is 6.25. The zero-order chi connectivity index (χ0) is 26.1. The van der Waals surface area contributed by atoms with Crippen molar-refractivity contribution in [3.8, 4) is 17.1 Å². The molecule has 1 amide bonds. The number of ketones is 4. The molecule has 3 aliphatic rings. The van der Waals surface area contributed by atoms with Crippen LogP contribution in [0.3, 0.4) is 0 Å². The zero-order valence-corrected chi connectivity index (χ0v) is 19.5. The Bertz CT molecular complexity index is 1340. The number of phenols is 1. The zero-order valence-electron chi connectivity index (χ0n) is 19.5. The van der Waals surface area contributed by atoms with E-state index in [1.807, 2.05) is 0 Å². The molecule has 0 aliphatic heterocycles. The van der Waals surface area contributed by atoms with Gasteiger partial charge < -0.3 is 15.9 Å². The Morgan fingerprint density at radius 1 is 1.11 bits per heavy atom. The van der Waals surface area contributed by atoms with Crippen molar-refractivity contribution in [1.29, 1.82) is 0 Å². The van der Waals surface area contributed by atoms with Gasteiger partial charge in [0.15, 0.2) is 40.5 Å². The van der Waals surface area contributed by atoms with Crippen LogP contribution < -0.4 is 5.73 Å². The van der Waals surface area contributed by atoms with Crippen LogP contribution in [0.5, 0.6) is 5.75 Å². The molecule has 186 valence electrons. The van der Waals surface area contributed by atoms with Gasteiger partial charge in [0, 0.05) is 23.9 Å². The average Bonchev–Trinajstić information content (AvgIpc) is 2.81. The van der Waals surface area contributed by atoms with E-state index in [1.54, 1.807) is 12.1 Å². The van der Waals surface area contributed by atoms with Crippen molar-refractivity contribution in [2.75, 3.05) is 14.1 Å². The third-order valence-electron chi connectivity index (χ3n) is 7.75. The Morgan fingerprint density at radius 3 is 2.39 bits per heavy atom. The number of nitrogens with zero attached hydrogens (tertiary/aromatic N) is 3. The van der Waals surface area contributed by atoms with Crippen LogP contribution in [0.4, 0.5) is 0 Å². The lowest BCUT2D eigenvalue weighted by atomic mass is 9.52. The molecule has 0 radical (unpaired) electrons. The van der Waals surface area contributed by atoms with Crippen molar-refractivity contribution < 1.29 is 34.2 Å². The van der Waals surface area contributed by atoms with E-state index in [0.717, 1.165) is 0 Å². The maximum atomic E-state index is 13.8. The van der Waals surface area contributed by atoms with Crippen LogP contribution in [-0.2, 0) is 25.6 Å². The molecule has 4 N–H and O–H groups in total. The standard InChI is InChI=1S/C25H24N4O7/c1-29(2)18-13-9-10-8-12-11(24-27-6-3-7-28-24)4-5-14(30)16(12)19(31)15(10)21(33)25(13,36)22(34)17(20(18)32)23(26)35/h3-7,10,13,15,17-18,30,36H,8-9H2,1-2H3,(H2,26,35)/t10-,13-,15?,17?,18+,25-/m0/s1. The molecular formula is C25H24N4O7. The summed E-state index contributed by atoms with van der Waals surface area (Å²) in [6, 6.07) is 3.39. The summed E-state index contributed by atoms with van der Waals surface area (Å²) in [6.07, 6.45) is 3.20. The Kier molecular flexibility index (Phi) is 5.38. The largest absolute Gasteiger partial charge is 0.507 e. The molecule has 3 aliphatic carbocycles. The maximum absolute atomic E-state index is 13.8. The van der Waals surface area contributed by atoms with Gasteiger partial charge in [-0.25, -0.2) is 9.97 Å². The summed E-state index contributed by atoms with van der Waals surface area (Å²) in [7, 11) is 3.08. The summed E-state index contributed by atoms with van der Waals surface area (Å²) < 4.78 is 0. The lowest BCUT2D eigenvalue weighted by Crippen LogP contribution is -2.74. The summed E-state index contributed by atoms with van der Waals surface area (Å²) in [4.78, 5) is 75.8. The number of hydrogen-bond donors (Lipinski definition) is 3. The summed E-state index contributed by atoms with van der Waals surface area (Å²) >= 11 is 0. The van der Waals surface area contributed by atoms with E-state index in [-0.39, 0.29) is 24.2 Å². The summed E-state index contributed by atoms with van der Waals surface area (Å²) in [6.45, 7) is 0. The van der Waals surface area contributed by atoms with Gasteiger partial charge in [-0.2, -0.15) is 0 Å². The monoisotopic (exact) mass is 492 g/mol. The first-order valence-corrected chi connectivity index (χ1v) is 11.5. The van der Waals surface area contributed by atoms with E-state index in [0.29, 0.717) is 17.0 Å². The highest BCUT2D eigenvalue weighted by Gasteiger charge is 2.69. The predicted molar refractivity (Wildman–Crippen MR) is 122 cm³/mol. The van der Waals surface area contributed by atoms with Gasteiger partial charge in [-0.05, 0) is 56.6 Å². The molecule has 11 nitrogen and oxygen atoms in total. The van der Waals surface area contributed by atoms with Crippen LogP contribution in [-0.4, -0.2) is 79.9 Å². The number of fused-ring (bicyclic) bond motifs is 3. The molecule has 36 heavy (non-hydrogen) atoms. The fraction of sp³-hybridized carbons (Fsp3) is 0.400. The lowest BCUT2D eigenvalue weighted by molar-refractivity contribution is -0.181. The molecule has 2 aromatic rings. The number of primary amides is 1. The number of benzene rings is 1. The van der Waals surface area contributed by atoms with Crippen LogP contribution in [0.15, 0.2) is 30.6 Å². The van der Waals surface area contributed by atoms with Crippen LogP contribution in [0.2, 0.25) is 0 Å². The first-order chi connectivity index (χ1) is 17.0. The number of aromatic nitrogens is 2. The van der Waals surface area contributed by atoms with Gasteiger partial charge in [-0.15, -0.1) is 0 Å². The van der Waals surface area contributed by atoms with Crippen molar-refractivity contribution in [3.05, 3.63) is 41.7 Å². The Balaban J connectivity index is 1.66. The quantitative estimate of drug-likeness (QED) is 0.465. The molecule has 0 bridgehead atoms. The summed E-state index contributed by atoms with van der Waals surface area (Å²) in [5.74, 6) is -10.4. The van der Waals surface area contributed by atoms with Crippen LogP contribution in [0.25, 0.3) is 11.4 Å². The molecule has 2 saturated carbocycles. The molecule has 5 rings (SSSR count). The normalized spacial score (nSPS) is 31.6. The number of aliphatic hydroxyl groups is 1. The summed E-state index contributed by atoms with van der Waals surface area (Å²) in [5.41, 5.74) is 3.45. The van der Waals surface area contributed by atoms with Gasteiger partial charge in [0.05, 0.1) is 17.5 Å². The Labute approximate surface area is 205 Å². The molecule has 11 heteroatoms. The smallest absolute Gasteiger partial charge is 0.235 e. The van der Waals surface area contributed by atoms with E-state index in [1.165, 1.54) is 37.5 Å². The SMILES string of the molecule is CN(C)[C@H]1C(=O)C(C(N)=O)C(=O)[C@@]2(O)C(=O)C3C(=O)c4c(O)ccc(-c5ncccn5)c4C[C@H]3C[C@@H]12.